The molecule has 22 heavy (non-hydrogen) atoms. The van der Waals surface area contributed by atoms with Gasteiger partial charge in [0.25, 0.3) is 0 Å². The van der Waals surface area contributed by atoms with Gasteiger partial charge in [0.05, 0.1) is 16.4 Å². The third-order valence-corrected chi connectivity index (χ3v) is 4.74. The van der Waals surface area contributed by atoms with E-state index in [0.717, 1.165) is 36.8 Å². The van der Waals surface area contributed by atoms with Crippen molar-refractivity contribution in [2.45, 2.75) is 31.3 Å². The molecule has 6 nitrogen and oxygen atoms in total. The van der Waals surface area contributed by atoms with Crippen molar-refractivity contribution >= 4 is 17.0 Å². The van der Waals surface area contributed by atoms with Crippen molar-refractivity contribution in [1.82, 2.24) is 20.2 Å². The lowest BCUT2D eigenvalue weighted by Crippen LogP contribution is -2.61. The van der Waals surface area contributed by atoms with Crippen LogP contribution in [-0.2, 0) is 0 Å². The number of amides is 1. The number of ether oxygens (including phenoxy) is 1. The highest BCUT2D eigenvalue weighted by Crippen LogP contribution is 2.36. The molecule has 0 radical (unpaired) electrons. The SMILES string of the molecule is CC12CCC(CNC1)N2C(=O)Oc1ncnc2ccccc12. The van der Waals surface area contributed by atoms with Gasteiger partial charge in [-0.2, -0.15) is 0 Å². The summed E-state index contributed by atoms with van der Waals surface area (Å²) < 4.78 is 5.62. The van der Waals surface area contributed by atoms with Crippen LogP contribution in [0.15, 0.2) is 30.6 Å². The van der Waals surface area contributed by atoms with Crippen LogP contribution in [-0.4, -0.2) is 45.6 Å². The molecule has 1 amide bonds. The van der Waals surface area contributed by atoms with E-state index in [2.05, 4.69) is 22.2 Å². The number of hydrogen-bond acceptors (Lipinski definition) is 5. The first-order valence-electron chi connectivity index (χ1n) is 7.59. The van der Waals surface area contributed by atoms with Gasteiger partial charge >= 0.3 is 6.09 Å². The highest BCUT2D eigenvalue weighted by molar-refractivity contribution is 5.85. The van der Waals surface area contributed by atoms with Crippen LogP contribution in [0.2, 0.25) is 0 Å². The summed E-state index contributed by atoms with van der Waals surface area (Å²) in [6.45, 7) is 3.75. The minimum Gasteiger partial charge on any atom is -0.390 e. The van der Waals surface area contributed by atoms with Gasteiger partial charge in [-0.1, -0.05) is 12.1 Å². The average molecular weight is 298 g/mol. The van der Waals surface area contributed by atoms with Gasteiger partial charge in [-0.05, 0) is 31.9 Å². The Morgan fingerprint density at radius 3 is 3.14 bits per heavy atom. The van der Waals surface area contributed by atoms with E-state index in [0.29, 0.717) is 5.88 Å². The minimum absolute atomic E-state index is 0.164. The van der Waals surface area contributed by atoms with Crippen LogP contribution in [0.4, 0.5) is 4.79 Å². The summed E-state index contributed by atoms with van der Waals surface area (Å²) in [5, 5.41) is 4.15. The second kappa shape index (κ2) is 4.91. The quantitative estimate of drug-likeness (QED) is 0.871. The van der Waals surface area contributed by atoms with Crippen molar-refractivity contribution in [2.75, 3.05) is 13.1 Å². The van der Waals surface area contributed by atoms with E-state index in [1.165, 1.54) is 6.33 Å². The van der Waals surface area contributed by atoms with E-state index >= 15 is 0 Å². The molecular weight excluding hydrogens is 280 g/mol. The first kappa shape index (κ1) is 13.5. The molecule has 2 atom stereocenters. The van der Waals surface area contributed by atoms with Gasteiger partial charge in [-0.15, -0.1) is 0 Å². The lowest BCUT2D eigenvalue weighted by Gasteiger charge is -2.41. The normalized spacial score (nSPS) is 27.1. The Labute approximate surface area is 128 Å². The maximum Gasteiger partial charge on any atom is 0.417 e. The summed E-state index contributed by atoms with van der Waals surface area (Å²) in [5.74, 6) is 0.331. The molecular formula is C16H18N4O2. The number of aromatic nitrogens is 2. The van der Waals surface area contributed by atoms with E-state index in [1.807, 2.05) is 29.2 Å². The largest absolute Gasteiger partial charge is 0.417 e. The summed E-state index contributed by atoms with van der Waals surface area (Å²) in [4.78, 5) is 22.9. The molecule has 0 aliphatic carbocycles. The molecule has 114 valence electrons. The number of nitrogens with zero attached hydrogens (tertiary/aromatic N) is 3. The number of carbonyl (C=O) groups excluding carboxylic acids is 1. The van der Waals surface area contributed by atoms with Crippen molar-refractivity contribution < 1.29 is 9.53 Å². The van der Waals surface area contributed by atoms with Crippen molar-refractivity contribution in [2.24, 2.45) is 0 Å². The highest BCUT2D eigenvalue weighted by atomic mass is 16.6. The lowest BCUT2D eigenvalue weighted by atomic mass is 9.99. The Bertz CT molecular complexity index is 726. The van der Waals surface area contributed by atoms with Gasteiger partial charge in [0, 0.05) is 19.1 Å². The Kier molecular flexibility index (Phi) is 3.00. The Morgan fingerprint density at radius 2 is 2.27 bits per heavy atom. The molecule has 2 unspecified atom stereocenters. The van der Waals surface area contributed by atoms with E-state index in [-0.39, 0.29) is 17.7 Å². The minimum atomic E-state index is -0.310. The molecule has 1 N–H and O–H groups in total. The predicted octanol–water partition coefficient (Wildman–Crippen LogP) is 1.95. The lowest BCUT2D eigenvalue weighted by molar-refractivity contribution is 0.0750. The second-order valence-electron chi connectivity index (χ2n) is 6.25. The number of carbonyl (C=O) groups is 1. The van der Waals surface area contributed by atoms with E-state index in [9.17, 15) is 4.79 Å². The smallest absolute Gasteiger partial charge is 0.390 e. The van der Waals surface area contributed by atoms with Crippen LogP contribution >= 0.6 is 0 Å². The first-order valence-corrected chi connectivity index (χ1v) is 7.59. The van der Waals surface area contributed by atoms with E-state index < -0.39 is 0 Å². The number of fused-ring (bicyclic) bond motifs is 3. The number of hydrogen-bond donors (Lipinski definition) is 1. The molecule has 3 heterocycles. The Hall–Kier alpha value is -2.21. The van der Waals surface area contributed by atoms with Crippen LogP contribution in [0.1, 0.15) is 19.8 Å². The molecule has 1 aromatic carbocycles. The van der Waals surface area contributed by atoms with Gasteiger partial charge in [0.2, 0.25) is 5.88 Å². The molecule has 0 saturated carbocycles. The van der Waals surface area contributed by atoms with Gasteiger partial charge < -0.3 is 10.1 Å². The van der Waals surface area contributed by atoms with Crippen LogP contribution in [0.5, 0.6) is 5.88 Å². The standard InChI is InChI=1S/C16H18N4O2/c1-16-7-6-11(8-17-9-16)20(16)15(21)22-14-12-4-2-3-5-13(12)18-10-19-14/h2-5,10-11,17H,6-9H2,1H3. The fourth-order valence-electron chi connectivity index (χ4n) is 3.61. The molecule has 4 rings (SSSR count). The summed E-state index contributed by atoms with van der Waals surface area (Å²) in [6, 6.07) is 7.74. The molecule has 2 bridgehead atoms. The topological polar surface area (TPSA) is 67.4 Å². The second-order valence-corrected chi connectivity index (χ2v) is 6.25. The number of nitrogens with one attached hydrogen (secondary N) is 1. The molecule has 6 heteroatoms. The Morgan fingerprint density at radius 1 is 1.41 bits per heavy atom. The summed E-state index contributed by atoms with van der Waals surface area (Å²) >= 11 is 0. The number of rotatable bonds is 1. The zero-order valence-corrected chi connectivity index (χ0v) is 12.5. The maximum atomic E-state index is 12.7. The van der Waals surface area contributed by atoms with Gasteiger partial charge in [-0.25, -0.2) is 14.8 Å². The molecule has 2 aromatic rings. The monoisotopic (exact) mass is 298 g/mol. The van der Waals surface area contributed by atoms with Gasteiger partial charge in [0.1, 0.15) is 6.33 Å². The third kappa shape index (κ3) is 2.02. The summed E-state index contributed by atoms with van der Waals surface area (Å²) in [6.07, 6.45) is 3.14. The van der Waals surface area contributed by atoms with Crippen LogP contribution in [0.25, 0.3) is 10.9 Å². The number of piperazine rings is 1. The third-order valence-electron chi connectivity index (χ3n) is 4.74. The Balaban J connectivity index is 1.64. The zero-order valence-electron chi connectivity index (χ0n) is 12.5. The van der Waals surface area contributed by atoms with Gasteiger partial charge in [-0.3, -0.25) is 4.90 Å². The molecule has 0 spiro atoms. The predicted molar refractivity (Wildman–Crippen MR) is 81.7 cm³/mol. The molecule has 2 saturated heterocycles. The zero-order chi connectivity index (χ0) is 15.2. The van der Waals surface area contributed by atoms with Crippen molar-refractivity contribution in [3.05, 3.63) is 30.6 Å². The van der Waals surface area contributed by atoms with E-state index in [4.69, 9.17) is 4.74 Å². The van der Waals surface area contributed by atoms with Crippen molar-refractivity contribution in [1.29, 1.82) is 0 Å². The number of benzene rings is 1. The van der Waals surface area contributed by atoms with Crippen LogP contribution in [0, 0.1) is 0 Å². The molecule has 1 aromatic heterocycles. The number of para-hydroxylation sites is 1. The van der Waals surface area contributed by atoms with E-state index in [1.54, 1.807) is 0 Å². The molecule has 2 aliphatic rings. The summed E-state index contributed by atoms with van der Waals surface area (Å²) in [5.41, 5.74) is 0.609. The summed E-state index contributed by atoms with van der Waals surface area (Å²) in [7, 11) is 0. The maximum absolute atomic E-state index is 12.7. The molecule has 2 aliphatic heterocycles. The van der Waals surface area contributed by atoms with Crippen LogP contribution < -0.4 is 10.1 Å². The van der Waals surface area contributed by atoms with Gasteiger partial charge in [0.15, 0.2) is 0 Å². The highest BCUT2D eigenvalue weighted by Gasteiger charge is 2.49. The molecule has 2 fully saturated rings. The first-order chi connectivity index (χ1) is 10.7. The average Bonchev–Trinajstić information content (AvgIpc) is 2.73. The fourth-order valence-corrected chi connectivity index (χ4v) is 3.61. The van der Waals surface area contributed by atoms with Crippen LogP contribution in [0.3, 0.4) is 0 Å². The fraction of sp³-hybridized carbons (Fsp3) is 0.438. The van der Waals surface area contributed by atoms with Crippen molar-refractivity contribution in [3.8, 4) is 5.88 Å². The van der Waals surface area contributed by atoms with Crippen molar-refractivity contribution in [3.63, 3.8) is 0 Å².